The number of nitrogens with zero attached hydrogens (tertiary/aromatic N) is 3. The summed E-state index contributed by atoms with van der Waals surface area (Å²) in [5, 5.41) is 0. The molecule has 0 atom stereocenters. The van der Waals surface area contributed by atoms with Gasteiger partial charge in [-0.05, 0) is 18.6 Å². The van der Waals surface area contributed by atoms with Gasteiger partial charge in [-0.15, -0.1) is 0 Å². The first-order valence-corrected chi connectivity index (χ1v) is 4.84. The average molecular weight is 204 g/mol. The van der Waals surface area contributed by atoms with E-state index < -0.39 is 0 Å². The Morgan fingerprint density at radius 2 is 2.20 bits per heavy atom. The zero-order valence-corrected chi connectivity index (χ0v) is 8.47. The number of rotatable bonds is 3. The van der Waals surface area contributed by atoms with Crippen molar-refractivity contribution in [3.8, 4) is 11.6 Å². The summed E-state index contributed by atoms with van der Waals surface area (Å²) in [4.78, 5) is 12.3. The molecule has 0 fully saturated rings. The van der Waals surface area contributed by atoms with Gasteiger partial charge in [0.15, 0.2) is 5.76 Å². The van der Waals surface area contributed by atoms with Crippen LogP contribution in [0.2, 0.25) is 0 Å². The third kappa shape index (κ3) is 2.12. The third-order valence-corrected chi connectivity index (χ3v) is 1.91. The molecule has 0 aliphatic carbocycles. The quantitative estimate of drug-likeness (QED) is 0.822. The van der Waals surface area contributed by atoms with Gasteiger partial charge >= 0.3 is 0 Å². The Hall–Kier alpha value is -1.91. The average Bonchev–Trinajstić information content (AvgIpc) is 2.70. The molecule has 0 unspecified atom stereocenters. The van der Waals surface area contributed by atoms with Crippen molar-refractivity contribution in [3.63, 3.8) is 0 Å². The van der Waals surface area contributed by atoms with Gasteiger partial charge in [0, 0.05) is 6.42 Å². The Kier molecular flexibility index (Phi) is 2.62. The first-order valence-electron chi connectivity index (χ1n) is 4.84. The van der Waals surface area contributed by atoms with Crippen molar-refractivity contribution in [2.45, 2.75) is 19.8 Å². The monoisotopic (exact) mass is 204 g/mol. The van der Waals surface area contributed by atoms with Gasteiger partial charge in [0.2, 0.25) is 11.8 Å². The third-order valence-electron chi connectivity index (χ3n) is 1.91. The van der Waals surface area contributed by atoms with Crippen molar-refractivity contribution in [2.24, 2.45) is 0 Å². The molecule has 78 valence electrons. The molecule has 0 radical (unpaired) electrons. The Bertz CT molecular complexity index is 439. The van der Waals surface area contributed by atoms with E-state index in [2.05, 4.69) is 21.9 Å². The van der Waals surface area contributed by atoms with Crippen LogP contribution < -0.4 is 5.73 Å². The predicted molar refractivity (Wildman–Crippen MR) is 55.9 cm³/mol. The highest BCUT2D eigenvalue weighted by Crippen LogP contribution is 2.15. The lowest BCUT2D eigenvalue weighted by Gasteiger charge is -2.01. The van der Waals surface area contributed by atoms with E-state index in [-0.39, 0.29) is 5.95 Å². The first kappa shape index (κ1) is 9.64. The Morgan fingerprint density at radius 1 is 1.33 bits per heavy atom. The molecule has 0 aliphatic heterocycles. The van der Waals surface area contributed by atoms with Crippen molar-refractivity contribution in [1.29, 1.82) is 0 Å². The standard InChI is InChI=1S/C10H12N4O/c1-2-4-8-12-9(14-10(11)13-8)7-5-3-6-15-7/h3,5-6H,2,4H2,1H3,(H2,11,12,13,14). The SMILES string of the molecule is CCCc1nc(N)nc(-c2ccco2)n1. The van der Waals surface area contributed by atoms with E-state index in [4.69, 9.17) is 10.2 Å². The van der Waals surface area contributed by atoms with Crippen LogP contribution in [0.5, 0.6) is 0 Å². The highest BCUT2D eigenvalue weighted by molar-refractivity contribution is 5.47. The van der Waals surface area contributed by atoms with Crippen LogP contribution in [0.25, 0.3) is 11.6 Å². The van der Waals surface area contributed by atoms with Crippen LogP contribution in [0.15, 0.2) is 22.8 Å². The number of nitrogen functional groups attached to an aromatic ring is 1. The maximum Gasteiger partial charge on any atom is 0.223 e. The van der Waals surface area contributed by atoms with Crippen LogP contribution in [-0.4, -0.2) is 15.0 Å². The van der Waals surface area contributed by atoms with E-state index in [9.17, 15) is 0 Å². The van der Waals surface area contributed by atoms with Crippen LogP contribution in [0.4, 0.5) is 5.95 Å². The van der Waals surface area contributed by atoms with Crippen molar-refractivity contribution in [2.75, 3.05) is 5.73 Å². The van der Waals surface area contributed by atoms with E-state index in [0.29, 0.717) is 17.4 Å². The molecule has 2 rings (SSSR count). The summed E-state index contributed by atoms with van der Waals surface area (Å²) in [6.07, 6.45) is 3.34. The topological polar surface area (TPSA) is 77.8 Å². The fourth-order valence-corrected chi connectivity index (χ4v) is 1.29. The van der Waals surface area contributed by atoms with Crippen molar-refractivity contribution in [3.05, 3.63) is 24.2 Å². The zero-order chi connectivity index (χ0) is 10.7. The lowest BCUT2D eigenvalue weighted by atomic mass is 10.3. The molecule has 2 N–H and O–H groups in total. The number of anilines is 1. The maximum absolute atomic E-state index is 5.59. The molecule has 5 heteroatoms. The minimum absolute atomic E-state index is 0.236. The second-order valence-corrected chi connectivity index (χ2v) is 3.16. The molecule has 0 bridgehead atoms. The Balaban J connectivity index is 2.40. The minimum atomic E-state index is 0.236. The predicted octanol–water partition coefficient (Wildman–Crippen LogP) is 1.67. The summed E-state index contributed by atoms with van der Waals surface area (Å²) in [5.74, 6) is 2.05. The highest BCUT2D eigenvalue weighted by atomic mass is 16.3. The molecule has 0 aromatic carbocycles. The number of aromatic nitrogens is 3. The molecule has 0 saturated heterocycles. The number of hydrogen-bond donors (Lipinski definition) is 1. The van der Waals surface area contributed by atoms with E-state index >= 15 is 0 Å². The van der Waals surface area contributed by atoms with Gasteiger partial charge in [-0.3, -0.25) is 0 Å². The summed E-state index contributed by atoms with van der Waals surface area (Å²) in [6.45, 7) is 2.06. The molecule has 15 heavy (non-hydrogen) atoms. The van der Waals surface area contributed by atoms with Crippen LogP contribution in [0, 0.1) is 0 Å². The number of aryl methyl sites for hydroxylation is 1. The highest BCUT2D eigenvalue weighted by Gasteiger charge is 2.07. The minimum Gasteiger partial charge on any atom is -0.461 e. The van der Waals surface area contributed by atoms with Gasteiger partial charge in [-0.1, -0.05) is 6.92 Å². The second kappa shape index (κ2) is 4.08. The van der Waals surface area contributed by atoms with Crippen LogP contribution >= 0.6 is 0 Å². The fraction of sp³-hybridized carbons (Fsp3) is 0.300. The van der Waals surface area contributed by atoms with E-state index in [1.165, 1.54) is 0 Å². The molecule has 2 heterocycles. The summed E-state index contributed by atoms with van der Waals surface area (Å²) < 4.78 is 5.20. The van der Waals surface area contributed by atoms with Crippen LogP contribution in [-0.2, 0) is 6.42 Å². The number of nitrogens with two attached hydrogens (primary N) is 1. The molecular formula is C10H12N4O. The van der Waals surface area contributed by atoms with Crippen LogP contribution in [0.3, 0.4) is 0 Å². The smallest absolute Gasteiger partial charge is 0.223 e. The molecule has 0 amide bonds. The molecule has 5 nitrogen and oxygen atoms in total. The summed E-state index contributed by atoms with van der Waals surface area (Å²) >= 11 is 0. The largest absolute Gasteiger partial charge is 0.461 e. The number of furan rings is 1. The molecule has 0 spiro atoms. The summed E-state index contributed by atoms with van der Waals surface area (Å²) in [7, 11) is 0. The van der Waals surface area contributed by atoms with Crippen molar-refractivity contribution in [1.82, 2.24) is 15.0 Å². The second-order valence-electron chi connectivity index (χ2n) is 3.16. The maximum atomic E-state index is 5.59. The van der Waals surface area contributed by atoms with Crippen molar-refractivity contribution >= 4 is 5.95 Å². The van der Waals surface area contributed by atoms with Gasteiger partial charge < -0.3 is 10.2 Å². The van der Waals surface area contributed by atoms with Gasteiger partial charge in [-0.2, -0.15) is 9.97 Å². The normalized spacial score (nSPS) is 10.5. The van der Waals surface area contributed by atoms with E-state index in [0.717, 1.165) is 12.8 Å². The zero-order valence-electron chi connectivity index (χ0n) is 8.47. The van der Waals surface area contributed by atoms with Gasteiger partial charge in [0.1, 0.15) is 5.82 Å². The molecular weight excluding hydrogens is 192 g/mol. The molecule has 2 aromatic heterocycles. The molecule has 0 aliphatic rings. The van der Waals surface area contributed by atoms with Gasteiger partial charge in [-0.25, -0.2) is 4.98 Å². The summed E-state index contributed by atoms with van der Waals surface area (Å²) in [5.41, 5.74) is 5.59. The number of hydrogen-bond acceptors (Lipinski definition) is 5. The van der Waals surface area contributed by atoms with E-state index in [1.807, 2.05) is 0 Å². The Labute approximate surface area is 87.4 Å². The fourth-order valence-electron chi connectivity index (χ4n) is 1.29. The molecule has 2 aromatic rings. The van der Waals surface area contributed by atoms with E-state index in [1.54, 1.807) is 18.4 Å². The molecule has 0 saturated carbocycles. The lowest BCUT2D eigenvalue weighted by molar-refractivity contribution is 0.576. The van der Waals surface area contributed by atoms with Gasteiger partial charge in [0.25, 0.3) is 0 Å². The lowest BCUT2D eigenvalue weighted by Crippen LogP contribution is -2.04. The summed E-state index contributed by atoms with van der Waals surface area (Å²) in [6, 6.07) is 3.58. The van der Waals surface area contributed by atoms with Crippen LogP contribution in [0.1, 0.15) is 19.2 Å². The van der Waals surface area contributed by atoms with Crippen molar-refractivity contribution < 1.29 is 4.42 Å². The van der Waals surface area contributed by atoms with Gasteiger partial charge in [0.05, 0.1) is 6.26 Å². The first-order chi connectivity index (χ1) is 7.29. The Morgan fingerprint density at radius 3 is 2.87 bits per heavy atom.